The molecule has 2 aromatic rings. The molecule has 0 amide bonds. The van der Waals surface area contributed by atoms with Crippen molar-refractivity contribution in [2.45, 2.75) is 39.3 Å². The maximum atomic E-state index is 5.94. The predicted molar refractivity (Wildman–Crippen MR) is 87.8 cm³/mol. The molecular weight excluding hydrogens is 328 g/mol. The van der Waals surface area contributed by atoms with E-state index in [2.05, 4.69) is 32.3 Å². The Kier molecular flexibility index (Phi) is 4.27. The highest BCUT2D eigenvalue weighted by atomic mass is 79.9. The Bertz CT molecular complexity index is 653. The molecule has 1 saturated carbocycles. The number of ether oxygens (including phenoxy) is 1. The van der Waals surface area contributed by atoms with Crippen molar-refractivity contribution in [3.05, 3.63) is 51.6 Å². The lowest BCUT2D eigenvalue weighted by Crippen LogP contribution is -2.15. The standard InChI is InChI=1S/C17H19BrN2O/c1-11-8-14(18)3-6-16(11)21-17-12(2)7-13(10-20-17)9-19-15-4-5-15/h3,6-8,10,15,19H,4-5,9H2,1-2H3. The molecule has 3 nitrogen and oxygen atoms in total. The first-order chi connectivity index (χ1) is 10.1. The lowest BCUT2D eigenvalue weighted by Gasteiger charge is -2.11. The molecular formula is C17H19BrN2O. The maximum Gasteiger partial charge on any atom is 0.222 e. The van der Waals surface area contributed by atoms with Crippen LogP contribution in [0.4, 0.5) is 0 Å². The molecule has 110 valence electrons. The molecule has 21 heavy (non-hydrogen) atoms. The molecule has 0 spiro atoms. The fourth-order valence-corrected chi connectivity index (χ4v) is 2.68. The zero-order valence-corrected chi connectivity index (χ0v) is 13.9. The Morgan fingerprint density at radius 1 is 1.24 bits per heavy atom. The Hall–Kier alpha value is -1.39. The van der Waals surface area contributed by atoms with E-state index in [1.807, 2.05) is 38.2 Å². The van der Waals surface area contributed by atoms with Crippen LogP contribution in [0, 0.1) is 13.8 Å². The summed E-state index contributed by atoms with van der Waals surface area (Å²) >= 11 is 3.46. The van der Waals surface area contributed by atoms with E-state index >= 15 is 0 Å². The number of aryl methyl sites for hydroxylation is 2. The van der Waals surface area contributed by atoms with E-state index in [9.17, 15) is 0 Å². The van der Waals surface area contributed by atoms with Crippen molar-refractivity contribution in [1.82, 2.24) is 10.3 Å². The largest absolute Gasteiger partial charge is 0.438 e. The molecule has 0 bridgehead atoms. The molecule has 1 N–H and O–H groups in total. The van der Waals surface area contributed by atoms with Gasteiger partial charge < -0.3 is 10.1 Å². The fraction of sp³-hybridized carbons (Fsp3) is 0.353. The lowest BCUT2D eigenvalue weighted by molar-refractivity contribution is 0.454. The van der Waals surface area contributed by atoms with Crippen LogP contribution in [-0.2, 0) is 6.54 Å². The third-order valence-electron chi connectivity index (χ3n) is 3.60. The smallest absolute Gasteiger partial charge is 0.222 e. The molecule has 1 heterocycles. The number of hydrogen-bond donors (Lipinski definition) is 1. The summed E-state index contributed by atoms with van der Waals surface area (Å²) in [5.74, 6) is 1.52. The van der Waals surface area contributed by atoms with E-state index in [4.69, 9.17) is 4.74 Å². The predicted octanol–water partition coefficient (Wildman–Crippen LogP) is 4.51. The second-order valence-corrected chi connectivity index (χ2v) is 6.55. The number of nitrogens with one attached hydrogen (secondary N) is 1. The van der Waals surface area contributed by atoms with Crippen LogP contribution < -0.4 is 10.1 Å². The molecule has 0 saturated heterocycles. The lowest BCUT2D eigenvalue weighted by atomic mass is 10.2. The third kappa shape index (κ3) is 3.83. The van der Waals surface area contributed by atoms with Crippen molar-refractivity contribution >= 4 is 15.9 Å². The normalized spacial score (nSPS) is 14.2. The first-order valence-corrected chi connectivity index (χ1v) is 8.04. The number of rotatable bonds is 5. The van der Waals surface area contributed by atoms with Gasteiger partial charge >= 0.3 is 0 Å². The zero-order chi connectivity index (χ0) is 14.8. The minimum atomic E-state index is 0.676. The molecule has 0 radical (unpaired) electrons. The first-order valence-electron chi connectivity index (χ1n) is 7.25. The van der Waals surface area contributed by atoms with Gasteiger partial charge in [-0.3, -0.25) is 0 Å². The number of hydrogen-bond acceptors (Lipinski definition) is 3. The summed E-state index contributed by atoms with van der Waals surface area (Å²) in [6.07, 6.45) is 4.50. The van der Waals surface area contributed by atoms with Gasteiger partial charge in [0.25, 0.3) is 0 Å². The highest BCUT2D eigenvalue weighted by molar-refractivity contribution is 9.10. The number of halogens is 1. The number of nitrogens with zero attached hydrogens (tertiary/aromatic N) is 1. The third-order valence-corrected chi connectivity index (χ3v) is 4.10. The average molecular weight is 347 g/mol. The molecule has 1 aliphatic rings. The van der Waals surface area contributed by atoms with Crippen LogP contribution >= 0.6 is 15.9 Å². The molecule has 1 aromatic carbocycles. The Labute approximate surface area is 133 Å². The SMILES string of the molecule is Cc1cc(Br)ccc1Oc1ncc(CNC2CC2)cc1C. The van der Waals surface area contributed by atoms with Gasteiger partial charge in [-0.15, -0.1) is 0 Å². The van der Waals surface area contributed by atoms with E-state index in [0.717, 1.165) is 27.9 Å². The molecule has 1 fully saturated rings. The average Bonchev–Trinajstić information content (AvgIpc) is 3.26. The van der Waals surface area contributed by atoms with Crippen LogP contribution in [0.1, 0.15) is 29.5 Å². The second-order valence-electron chi connectivity index (χ2n) is 5.63. The molecule has 0 unspecified atom stereocenters. The summed E-state index contributed by atoms with van der Waals surface area (Å²) < 4.78 is 6.99. The summed E-state index contributed by atoms with van der Waals surface area (Å²) in [6.45, 7) is 4.95. The van der Waals surface area contributed by atoms with Crippen molar-refractivity contribution in [3.8, 4) is 11.6 Å². The summed E-state index contributed by atoms with van der Waals surface area (Å²) in [5.41, 5.74) is 3.36. The number of pyridine rings is 1. The molecule has 1 aliphatic carbocycles. The molecule has 1 aromatic heterocycles. The summed E-state index contributed by atoms with van der Waals surface area (Å²) in [6, 6.07) is 8.84. The van der Waals surface area contributed by atoms with Gasteiger partial charge in [-0.1, -0.05) is 15.9 Å². The van der Waals surface area contributed by atoms with Crippen LogP contribution in [-0.4, -0.2) is 11.0 Å². The van der Waals surface area contributed by atoms with Crippen LogP contribution in [0.5, 0.6) is 11.6 Å². The summed E-state index contributed by atoms with van der Waals surface area (Å²) in [7, 11) is 0. The van der Waals surface area contributed by atoms with Gasteiger partial charge in [0.05, 0.1) is 0 Å². The van der Waals surface area contributed by atoms with Gasteiger partial charge in [-0.2, -0.15) is 0 Å². The van der Waals surface area contributed by atoms with Gasteiger partial charge in [0.1, 0.15) is 5.75 Å². The van der Waals surface area contributed by atoms with Gasteiger partial charge in [-0.25, -0.2) is 4.98 Å². The van der Waals surface area contributed by atoms with E-state index in [0.29, 0.717) is 11.9 Å². The van der Waals surface area contributed by atoms with Gasteiger partial charge in [0, 0.05) is 28.8 Å². The van der Waals surface area contributed by atoms with Crippen molar-refractivity contribution in [3.63, 3.8) is 0 Å². The monoisotopic (exact) mass is 346 g/mol. The summed E-state index contributed by atoms with van der Waals surface area (Å²) in [4.78, 5) is 4.46. The van der Waals surface area contributed by atoms with Crippen LogP contribution in [0.25, 0.3) is 0 Å². The molecule has 0 atom stereocenters. The first kappa shape index (κ1) is 14.5. The van der Waals surface area contributed by atoms with Crippen LogP contribution in [0.2, 0.25) is 0 Å². The maximum absolute atomic E-state index is 5.94. The second kappa shape index (κ2) is 6.16. The molecule has 4 heteroatoms. The minimum Gasteiger partial charge on any atom is -0.438 e. The highest BCUT2D eigenvalue weighted by Gasteiger charge is 2.20. The molecule has 3 rings (SSSR count). The van der Waals surface area contributed by atoms with Crippen molar-refractivity contribution in [2.24, 2.45) is 0 Å². The van der Waals surface area contributed by atoms with Crippen LogP contribution in [0.3, 0.4) is 0 Å². The fourth-order valence-electron chi connectivity index (χ4n) is 2.21. The number of benzene rings is 1. The van der Waals surface area contributed by atoms with Gasteiger partial charge in [0.2, 0.25) is 5.88 Å². The minimum absolute atomic E-state index is 0.676. The summed E-state index contributed by atoms with van der Waals surface area (Å²) in [5, 5.41) is 3.50. The quantitative estimate of drug-likeness (QED) is 0.864. The van der Waals surface area contributed by atoms with E-state index < -0.39 is 0 Å². The van der Waals surface area contributed by atoms with E-state index in [1.165, 1.54) is 18.4 Å². The Balaban J connectivity index is 1.72. The van der Waals surface area contributed by atoms with Crippen molar-refractivity contribution in [1.29, 1.82) is 0 Å². The van der Waals surface area contributed by atoms with Gasteiger partial charge in [0.15, 0.2) is 0 Å². The van der Waals surface area contributed by atoms with Crippen molar-refractivity contribution < 1.29 is 4.74 Å². The number of aromatic nitrogens is 1. The van der Waals surface area contributed by atoms with E-state index in [1.54, 1.807) is 0 Å². The molecule has 0 aliphatic heterocycles. The Morgan fingerprint density at radius 2 is 2.05 bits per heavy atom. The van der Waals surface area contributed by atoms with Crippen molar-refractivity contribution in [2.75, 3.05) is 0 Å². The topological polar surface area (TPSA) is 34.1 Å². The van der Waals surface area contributed by atoms with Gasteiger partial charge in [-0.05, 0) is 62.1 Å². The van der Waals surface area contributed by atoms with Crippen LogP contribution in [0.15, 0.2) is 34.9 Å². The zero-order valence-electron chi connectivity index (χ0n) is 12.3. The van der Waals surface area contributed by atoms with E-state index in [-0.39, 0.29) is 0 Å². The Morgan fingerprint density at radius 3 is 2.71 bits per heavy atom. The highest BCUT2D eigenvalue weighted by Crippen LogP contribution is 2.28.